The SMILES string of the molecule is C=CC(C)Sc1ccc(C)cn1. The molecule has 0 spiro atoms. The van der Waals surface area contributed by atoms with E-state index < -0.39 is 0 Å². The van der Waals surface area contributed by atoms with Crippen LogP contribution in [-0.2, 0) is 0 Å². The second kappa shape index (κ2) is 4.31. The molecule has 0 aliphatic carbocycles. The van der Waals surface area contributed by atoms with Gasteiger partial charge in [0.15, 0.2) is 0 Å². The molecule has 2 heteroatoms. The summed E-state index contributed by atoms with van der Waals surface area (Å²) < 4.78 is 0. The lowest BCUT2D eigenvalue weighted by atomic mass is 10.3. The molecule has 1 aromatic heterocycles. The Kier molecular flexibility index (Phi) is 3.35. The molecule has 1 atom stereocenters. The molecule has 1 aromatic rings. The number of pyridine rings is 1. The predicted molar refractivity (Wildman–Crippen MR) is 54.5 cm³/mol. The van der Waals surface area contributed by atoms with Crippen LogP contribution < -0.4 is 0 Å². The lowest BCUT2D eigenvalue weighted by Gasteiger charge is -2.03. The number of rotatable bonds is 3. The second-order valence-corrected chi connectivity index (χ2v) is 4.13. The first-order valence-corrected chi connectivity index (χ1v) is 4.82. The van der Waals surface area contributed by atoms with E-state index in [4.69, 9.17) is 0 Å². The summed E-state index contributed by atoms with van der Waals surface area (Å²) in [6, 6.07) is 4.12. The Morgan fingerprint density at radius 2 is 2.33 bits per heavy atom. The third kappa shape index (κ3) is 2.70. The maximum atomic E-state index is 4.28. The maximum absolute atomic E-state index is 4.28. The largest absolute Gasteiger partial charge is 0.250 e. The van der Waals surface area contributed by atoms with Crippen LogP contribution >= 0.6 is 11.8 Å². The molecule has 1 nitrogen and oxygen atoms in total. The summed E-state index contributed by atoms with van der Waals surface area (Å²) in [5.74, 6) is 0. The standard InChI is InChI=1S/C10H13NS/c1-4-9(3)12-10-6-5-8(2)7-11-10/h4-7,9H,1H2,2-3H3. The highest BCUT2D eigenvalue weighted by molar-refractivity contribution is 8.00. The van der Waals surface area contributed by atoms with Crippen LogP contribution in [0.4, 0.5) is 0 Å². The fourth-order valence-corrected chi connectivity index (χ4v) is 1.50. The van der Waals surface area contributed by atoms with Crippen molar-refractivity contribution in [3.63, 3.8) is 0 Å². The van der Waals surface area contributed by atoms with Gasteiger partial charge in [-0.25, -0.2) is 4.98 Å². The Hall–Kier alpha value is -0.760. The molecule has 0 fully saturated rings. The van der Waals surface area contributed by atoms with Gasteiger partial charge in [0.05, 0.1) is 5.03 Å². The molecule has 0 aromatic carbocycles. The first-order valence-electron chi connectivity index (χ1n) is 3.94. The fourth-order valence-electron chi connectivity index (χ4n) is 0.763. The van der Waals surface area contributed by atoms with E-state index in [2.05, 4.69) is 24.6 Å². The van der Waals surface area contributed by atoms with Gasteiger partial charge in [0, 0.05) is 11.4 Å². The third-order valence-corrected chi connectivity index (χ3v) is 2.57. The van der Waals surface area contributed by atoms with Gasteiger partial charge < -0.3 is 0 Å². The van der Waals surface area contributed by atoms with Crippen LogP contribution in [0, 0.1) is 6.92 Å². The van der Waals surface area contributed by atoms with Gasteiger partial charge in [0.2, 0.25) is 0 Å². The van der Waals surface area contributed by atoms with E-state index in [1.165, 1.54) is 5.56 Å². The van der Waals surface area contributed by atoms with Gasteiger partial charge in [0.25, 0.3) is 0 Å². The number of hydrogen-bond acceptors (Lipinski definition) is 2. The van der Waals surface area contributed by atoms with E-state index in [0.717, 1.165) is 5.03 Å². The summed E-state index contributed by atoms with van der Waals surface area (Å²) in [7, 11) is 0. The molecular weight excluding hydrogens is 166 g/mol. The van der Waals surface area contributed by atoms with E-state index >= 15 is 0 Å². The van der Waals surface area contributed by atoms with Crippen LogP contribution in [0.3, 0.4) is 0 Å². The zero-order valence-electron chi connectivity index (χ0n) is 7.45. The second-order valence-electron chi connectivity index (χ2n) is 2.73. The Bertz CT molecular complexity index is 253. The minimum absolute atomic E-state index is 0.431. The van der Waals surface area contributed by atoms with Gasteiger partial charge in [-0.3, -0.25) is 0 Å². The molecule has 0 aliphatic rings. The first kappa shape index (κ1) is 9.33. The number of thioether (sulfide) groups is 1. The van der Waals surface area contributed by atoms with Crippen molar-refractivity contribution in [3.05, 3.63) is 36.5 Å². The van der Waals surface area contributed by atoms with Crippen LogP contribution in [0.1, 0.15) is 12.5 Å². The van der Waals surface area contributed by atoms with E-state index in [9.17, 15) is 0 Å². The van der Waals surface area contributed by atoms with Crippen LogP contribution in [0.2, 0.25) is 0 Å². The van der Waals surface area contributed by atoms with Gasteiger partial charge in [-0.15, -0.1) is 6.58 Å². The van der Waals surface area contributed by atoms with E-state index in [1.807, 2.05) is 25.3 Å². The van der Waals surface area contributed by atoms with Crippen LogP contribution in [-0.4, -0.2) is 10.2 Å². The monoisotopic (exact) mass is 179 g/mol. The summed E-state index contributed by atoms with van der Waals surface area (Å²) in [4.78, 5) is 4.28. The van der Waals surface area contributed by atoms with Crippen molar-refractivity contribution >= 4 is 11.8 Å². The topological polar surface area (TPSA) is 12.9 Å². The van der Waals surface area contributed by atoms with Crippen molar-refractivity contribution in [1.29, 1.82) is 0 Å². The molecule has 0 amide bonds. The molecule has 64 valence electrons. The van der Waals surface area contributed by atoms with E-state index in [1.54, 1.807) is 11.8 Å². The van der Waals surface area contributed by atoms with Gasteiger partial charge in [-0.1, -0.05) is 23.9 Å². The normalized spacial score (nSPS) is 12.5. The van der Waals surface area contributed by atoms with Crippen molar-refractivity contribution < 1.29 is 0 Å². The smallest absolute Gasteiger partial charge is 0.0965 e. The Balaban J connectivity index is 2.64. The average Bonchev–Trinajstić information content (AvgIpc) is 2.09. The van der Waals surface area contributed by atoms with E-state index in [-0.39, 0.29) is 0 Å². The highest BCUT2D eigenvalue weighted by atomic mass is 32.2. The molecule has 1 rings (SSSR count). The number of nitrogens with zero attached hydrogens (tertiary/aromatic N) is 1. The molecule has 12 heavy (non-hydrogen) atoms. The molecule has 0 saturated carbocycles. The summed E-state index contributed by atoms with van der Waals surface area (Å²) in [6.07, 6.45) is 3.81. The molecule has 1 unspecified atom stereocenters. The average molecular weight is 179 g/mol. The van der Waals surface area contributed by atoms with Crippen molar-refractivity contribution in [2.45, 2.75) is 24.1 Å². The summed E-state index contributed by atoms with van der Waals surface area (Å²) in [6.45, 7) is 7.88. The zero-order valence-corrected chi connectivity index (χ0v) is 8.27. The fraction of sp³-hybridized carbons (Fsp3) is 0.300. The van der Waals surface area contributed by atoms with Crippen molar-refractivity contribution in [1.82, 2.24) is 4.98 Å². The highest BCUT2D eigenvalue weighted by Gasteiger charge is 1.99. The maximum Gasteiger partial charge on any atom is 0.0965 e. The van der Waals surface area contributed by atoms with Crippen LogP contribution in [0.25, 0.3) is 0 Å². The lowest BCUT2D eigenvalue weighted by molar-refractivity contribution is 1.10. The van der Waals surface area contributed by atoms with Gasteiger partial charge >= 0.3 is 0 Å². The number of aryl methyl sites for hydroxylation is 1. The lowest BCUT2D eigenvalue weighted by Crippen LogP contribution is -1.90. The van der Waals surface area contributed by atoms with Gasteiger partial charge in [0.1, 0.15) is 0 Å². The summed E-state index contributed by atoms with van der Waals surface area (Å²) in [5, 5.41) is 1.49. The zero-order chi connectivity index (χ0) is 8.97. The molecular formula is C10H13NS. The van der Waals surface area contributed by atoms with Gasteiger partial charge in [-0.05, 0) is 25.5 Å². The minimum atomic E-state index is 0.431. The Morgan fingerprint density at radius 3 is 2.83 bits per heavy atom. The molecule has 0 saturated heterocycles. The summed E-state index contributed by atoms with van der Waals surface area (Å²) >= 11 is 1.72. The number of aromatic nitrogens is 1. The highest BCUT2D eigenvalue weighted by Crippen LogP contribution is 2.20. The predicted octanol–water partition coefficient (Wildman–Crippen LogP) is 3.06. The van der Waals surface area contributed by atoms with Crippen molar-refractivity contribution in [2.24, 2.45) is 0 Å². The molecule has 0 aliphatic heterocycles. The van der Waals surface area contributed by atoms with Gasteiger partial charge in [-0.2, -0.15) is 0 Å². The Labute approximate surface area is 77.9 Å². The molecule has 0 radical (unpaired) electrons. The summed E-state index contributed by atoms with van der Waals surface area (Å²) in [5.41, 5.74) is 1.20. The van der Waals surface area contributed by atoms with Crippen LogP contribution in [0.15, 0.2) is 36.0 Å². The van der Waals surface area contributed by atoms with Crippen LogP contribution in [0.5, 0.6) is 0 Å². The molecule has 1 heterocycles. The Morgan fingerprint density at radius 1 is 1.58 bits per heavy atom. The third-order valence-electron chi connectivity index (χ3n) is 1.52. The molecule has 0 bridgehead atoms. The minimum Gasteiger partial charge on any atom is -0.250 e. The quantitative estimate of drug-likeness (QED) is 0.522. The van der Waals surface area contributed by atoms with E-state index in [0.29, 0.717) is 5.25 Å². The van der Waals surface area contributed by atoms with Crippen molar-refractivity contribution in [2.75, 3.05) is 0 Å². The first-order chi connectivity index (χ1) is 5.72. The number of hydrogen-bond donors (Lipinski definition) is 0. The van der Waals surface area contributed by atoms with Crippen molar-refractivity contribution in [3.8, 4) is 0 Å². The molecule has 0 N–H and O–H groups in total.